The van der Waals surface area contributed by atoms with Crippen LogP contribution in [0.15, 0.2) is 0 Å². The van der Waals surface area contributed by atoms with Crippen molar-refractivity contribution in [2.75, 3.05) is 13.1 Å². The van der Waals surface area contributed by atoms with Gasteiger partial charge >= 0.3 is 0 Å². The van der Waals surface area contributed by atoms with Crippen molar-refractivity contribution in [1.29, 1.82) is 0 Å². The summed E-state index contributed by atoms with van der Waals surface area (Å²) in [6.45, 7) is 8.46. The van der Waals surface area contributed by atoms with Gasteiger partial charge in [-0.1, -0.05) is 40.0 Å². The van der Waals surface area contributed by atoms with E-state index in [1.807, 2.05) is 0 Å². The molecule has 1 amide bonds. The van der Waals surface area contributed by atoms with Gasteiger partial charge in [0.15, 0.2) is 0 Å². The summed E-state index contributed by atoms with van der Waals surface area (Å²) in [5.41, 5.74) is 0. The molecule has 2 unspecified atom stereocenters. The zero-order valence-electron chi connectivity index (χ0n) is 14.2. The van der Waals surface area contributed by atoms with Crippen LogP contribution in [0.4, 0.5) is 0 Å². The Morgan fingerprint density at radius 3 is 2.33 bits per heavy atom. The molecule has 1 aliphatic heterocycles. The van der Waals surface area contributed by atoms with Crippen LogP contribution in [-0.4, -0.2) is 36.0 Å². The number of carbonyl (C=O) groups is 1. The van der Waals surface area contributed by atoms with Crippen molar-refractivity contribution in [3.05, 3.63) is 0 Å². The summed E-state index contributed by atoms with van der Waals surface area (Å²) in [7, 11) is 0. The molecule has 1 N–H and O–H groups in total. The Morgan fingerprint density at radius 2 is 1.76 bits per heavy atom. The molecule has 0 aromatic carbocycles. The van der Waals surface area contributed by atoms with E-state index in [1.54, 1.807) is 0 Å². The second-order valence-electron chi connectivity index (χ2n) is 7.11. The van der Waals surface area contributed by atoms with E-state index in [2.05, 4.69) is 31.0 Å². The highest BCUT2D eigenvalue weighted by molar-refractivity contribution is 5.79. The Hall–Kier alpha value is -0.570. The lowest BCUT2D eigenvalue weighted by molar-refractivity contribution is -0.138. The minimum atomic E-state index is 0.229. The van der Waals surface area contributed by atoms with E-state index in [0.29, 0.717) is 23.9 Å². The molecule has 3 nitrogen and oxygen atoms in total. The fourth-order valence-corrected chi connectivity index (χ4v) is 4.12. The smallest absolute Gasteiger partial charge is 0.225 e. The first-order valence-electron chi connectivity index (χ1n) is 9.22. The molecule has 2 aliphatic rings. The quantitative estimate of drug-likeness (QED) is 0.812. The van der Waals surface area contributed by atoms with Crippen LogP contribution in [0.3, 0.4) is 0 Å². The van der Waals surface area contributed by atoms with Gasteiger partial charge in [0.05, 0.1) is 0 Å². The maximum absolute atomic E-state index is 12.7. The topological polar surface area (TPSA) is 32.3 Å². The molecule has 21 heavy (non-hydrogen) atoms. The maximum atomic E-state index is 12.7. The van der Waals surface area contributed by atoms with Gasteiger partial charge in [0, 0.05) is 31.1 Å². The largest absolute Gasteiger partial charge is 0.341 e. The molecule has 1 heterocycles. The van der Waals surface area contributed by atoms with Crippen LogP contribution in [0.1, 0.15) is 72.1 Å². The van der Waals surface area contributed by atoms with Crippen LogP contribution in [0.5, 0.6) is 0 Å². The van der Waals surface area contributed by atoms with Crippen molar-refractivity contribution in [2.24, 2.45) is 11.8 Å². The third-order valence-electron chi connectivity index (χ3n) is 5.59. The van der Waals surface area contributed by atoms with Gasteiger partial charge in [-0.05, 0) is 38.0 Å². The molecule has 0 spiro atoms. The number of hydrogen-bond donors (Lipinski definition) is 1. The number of hydrogen-bond acceptors (Lipinski definition) is 2. The molecule has 2 fully saturated rings. The Labute approximate surface area is 130 Å². The molecule has 1 aliphatic carbocycles. The summed E-state index contributed by atoms with van der Waals surface area (Å²) >= 11 is 0. The van der Waals surface area contributed by atoms with E-state index in [9.17, 15) is 4.79 Å². The fourth-order valence-electron chi connectivity index (χ4n) is 4.12. The molecule has 122 valence electrons. The minimum Gasteiger partial charge on any atom is -0.341 e. The average molecular weight is 294 g/mol. The third kappa shape index (κ3) is 4.45. The first-order chi connectivity index (χ1) is 10.2. The number of piperidine rings is 1. The van der Waals surface area contributed by atoms with Crippen LogP contribution in [0, 0.1) is 11.8 Å². The molecule has 2 atom stereocenters. The van der Waals surface area contributed by atoms with Gasteiger partial charge in [-0.25, -0.2) is 0 Å². The predicted octanol–water partition coefficient (Wildman–Crippen LogP) is 3.58. The molecule has 0 radical (unpaired) electrons. The summed E-state index contributed by atoms with van der Waals surface area (Å²) in [5.74, 6) is 1.31. The Morgan fingerprint density at radius 1 is 1.10 bits per heavy atom. The molecule has 0 aromatic heterocycles. The molecular weight excluding hydrogens is 260 g/mol. The van der Waals surface area contributed by atoms with Crippen molar-refractivity contribution in [3.63, 3.8) is 0 Å². The number of rotatable bonds is 6. The highest BCUT2D eigenvalue weighted by Gasteiger charge is 2.32. The van der Waals surface area contributed by atoms with Gasteiger partial charge in [-0.3, -0.25) is 4.79 Å². The zero-order valence-corrected chi connectivity index (χ0v) is 14.2. The third-order valence-corrected chi connectivity index (χ3v) is 5.59. The van der Waals surface area contributed by atoms with E-state index in [0.717, 1.165) is 25.9 Å². The van der Waals surface area contributed by atoms with E-state index in [4.69, 9.17) is 0 Å². The molecule has 0 aromatic rings. The molecule has 1 saturated heterocycles. The van der Waals surface area contributed by atoms with E-state index in [1.165, 1.54) is 38.5 Å². The lowest BCUT2D eigenvalue weighted by Gasteiger charge is -2.40. The summed E-state index contributed by atoms with van der Waals surface area (Å²) in [5, 5.41) is 3.85. The van der Waals surface area contributed by atoms with E-state index >= 15 is 0 Å². The fraction of sp³-hybridized carbons (Fsp3) is 0.944. The van der Waals surface area contributed by atoms with Crippen molar-refractivity contribution >= 4 is 5.91 Å². The van der Waals surface area contributed by atoms with Crippen LogP contribution < -0.4 is 5.32 Å². The van der Waals surface area contributed by atoms with Gasteiger partial charge in [-0.2, -0.15) is 0 Å². The normalized spacial score (nSPS) is 27.5. The molecule has 3 heteroatoms. The van der Waals surface area contributed by atoms with Crippen molar-refractivity contribution in [2.45, 2.75) is 84.2 Å². The summed E-state index contributed by atoms with van der Waals surface area (Å²) in [6.07, 6.45) is 9.79. The second kappa shape index (κ2) is 8.17. The number of amides is 1. The van der Waals surface area contributed by atoms with E-state index < -0.39 is 0 Å². The summed E-state index contributed by atoms with van der Waals surface area (Å²) in [6, 6.07) is 1.22. The lowest BCUT2D eigenvalue weighted by Crippen LogP contribution is -2.54. The standard InChI is InChI=1S/C18H34N2O/c1-4-14-11-17(19-16-9-7-8-10-16)13-20(12-14)18(21)15(5-2)6-3/h14-17,19H,4-13H2,1-3H3. The molecule has 2 rings (SSSR count). The van der Waals surface area contributed by atoms with Crippen LogP contribution in [-0.2, 0) is 4.79 Å². The molecular formula is C18H34N2O. The number of likely N-dealkylation sites (tertiary alicyclic amines) is 1. The molecule has 1 saturated carbocycles. The first kappa shape index (κ1) is 16.8. The van der Waals surface area contributed by atoms with Crippen molar-refractivity contribution in [3.8, 4) is 0 Å². The van der Waals surface area contributed by atoms with Gasteiger partial charge < -0.3 is 10.2 Å². The van der Waals surface area contributed by atoms with Gasteiger partial charge in [0.25, 0.3) is 0 Å². The predicted molar refractivity (Wildman–Crippen MR) is 88.2 cm³/mol. The summed E-state index contributed by atoms with van der Waals surface area (Å²) in [4.78, 5) is 14.9. The Bertz CT molecular complexity index is 321. The van der Waals surface area contributed by atoms with Crippen molar-refractivity contribution in [1.82, 2.24) is 10.2 Å². The second-order valence-corrected chi connectivity index (χ2v) is 7.11. The summed E-state index contributed by atoms with van der Waals surface area (Å²) < 4.78 is 0. The molecule has 0 bridgehead atoms. The van der Waals surface area contributed by atoms with Gasteiger partial charge in [0.2, 0.25) is 5.91 Å². The number of carbonyl (C=O) groups excluding carboxylic acids is 1. The van der Waals surface area contributed by atoms with Crippen LogP contribution in [0.25, 0.3) is 0 Å². The minimum absolute atomic E-state index is 0.229. The highest BCUT2D eigenvalue weighted by Crippen LogP contribution is 2.25. The number of nitrogens with one attached hydrogen (secondary N) is 1. The maximum Gasteiger partial charge on any atom is 0.225 e. The monoisotopic (exact) mass is 294 g/mol. The van der Waals surface area contributed by atoms with Crippen LogP contribution >= 0.6 is 0 Å². The average Bonchev–Trinajstić information content (AvgIpc) is 3.00. The number of nitrogens with zero attached hydrogens (tertiary/aromatic N) is 1. The van der Waals surface area contributed by atoms with Gasteiger partial charge in [0.1, 0.15) is 0 Å². The first-order valence-corrected chi connectivity index (χ1v) is 9.22. The van der Waals surface area contributed by atoms with Gasteiger partial charge in [-0.15, -0.1) is 0 Å². The van der Waals surface area contributed by atoms with E-state index in [-0.39, 0.29) is 5.92 Å². The SMILES string of the molecule is CCC1CC(NC2CCCC2)CN(C(=O)C(CC)CC)C1. The Kier molecular flexibility index (Phi) is 6.53. The van der Waals surface area contributed by atoms with Crippen molar-refractivity contribution < 1.29 is 4.79 Å². The Balaban J connectivity index is 1.95. The lowest BCUT2D eigenvalue weighted by atomic mass is 9.90. The highest BCUT2D eigenvalue weighted by atomic mass is 16.2. The van der Waals surface area contributed by atoms with Crippen LogP contribution in [0.2, 0.25) is 0 Å². The zero-order chi connectivity index (χ0) is 15.2.